The minimum Gasteiger partial charge on any atom is -0.495 e. The molecule has 0 aliphatic carbocycles. The molecule has 0 saturated carbocycles. The SMILES string of the molecule is COc1cc(CC(C)O[PH+]=O)ccc1Nc1ncc(C(F)(F)F)c(Cl)n1. The number of hydrogen-bond acceptors (Lipinski definition) is 6. The molecule has 0 fully saturated rings. The van der Waals surface area contributed by atoms with Crippen LogP contribution in [0.5, 0.6) is 5.75 Å². The highest BCUT2D eigenvalue weighted by Crippen LogP contribution is 2.34. The number of methoxy groups -OCH3 is 1. The Kier molecular flexibility index (Phi) is 6.75. The van der Waals surface area contributed by atoms with Crippen LogP contribution in [0.3, 0.4) is 0 Å². The molecule has 0 radical (unpaired) electrons. The van der Waals surface area contributed by atoms with Crippen LogP contribution in [0.4, 0.5) is 24.8 Å². The zero-order chi connectivity index (χ0) is 19.3. The summed E-state index contributed by atoms with van der Waals surface area (Å²) in [5.41, 5.74) is 0.205. The Hall–Kier alpha value is -1.96. The lowest BCUT2D eigenvalue weighted by Crippen LogP contribution is -2.09. The summed E-state index contributed by atoms with van der Waals surface area (Å²) in [6.07, 6.45) is -3.75. The summed E-state index contributed by atoms with van der Waals surface area (Å²) in [5.74, 6) is 0.331. The van der Waals surface area contributed by atoms with Gasteiger partial charge in [-0.15, -0.1) is 4.52 Å². The molecule has 0 aliphatic heterocycles. The van der Waals surface area contributed by atoms with Crippen LogP contribution < -0.4 is 10.1 Å². The predicted octanol–water partition coefficient (Wildman–Crippen LogP) is 4.79. The van der Waals surface area contributed by atoms with Crippen molar-refractivity contribution in [3.8, 4) is 5.75 Å². The van der Waals surface area contributed by atoms with Crippen molar-refractivity contribution in [2.45, 2.75) is 25.6 Å². The van der Waals surface area contributed by atoms with Gasteiger partial charge in [0.05, 0.1) is 12.8 Å². The van der Waals surface area contributed by atoms with Crippen molar-refractivity contribution in [1.82, 2.24) is 9.97 Å². The maximum atomic E-state index is 12.7. The minimum absolute atomic E-state index is 0.0988. The van der Waals surface area contributed by atoms with E-state index in [9.17, 15) is 17.7 Å². The molecule has 0 saturated heterocycles. The van der Waals surface area contributed by atoms with E-state index in [-0.39, 0.29) is 12.1 Å². The second-order valence-electron chi connectivity index (χ2n) is 5.27. The Morgan fingerprint density at radius 3 is 2.69 bits per heavy atom. The van der Waals surface area contributed by atoms with Crippen molar-refractivity contribution in [2.24, 2.45) is 0 Å². The van der Waals surface area contributed by atoms with Crippen LogP contribution in [0, 0.1) is 0 Å². The first-order valence-corrected chi connectivity index (χ1v) is 8.50. The van der Waals surface area contributed by atoms with Gasteiger partial charge in [0.1, 0.15) is 22.6 Å². The lowest BCUT2D eigenvalue weighted by Gasteiger charge is -2.13. The lowest BCUT2D eigenvalue weighted by atomic mass is 10.1. The molecule has 0 spiro atoms. The van der Waals surface area contributed by atoms with Crippen LogP contribution in [0.2, 0.25) is 5.15 Å². The molecule has 0 aliphatic rings. The number of nitrogens with zero attached hydrogens (tertiary/aromatic N) is 2. The molecule has 2 atom stereocenters. The Morgan fingerprint density at radius 1 is 1.38 bits per heavy atom. The topological polar surface area (TPSA) is 73.3 Å². The third kappa shape index (κ3) is 5.27. The van der Waals surface area contributed by atoms with Crippen LogP contribution in [-0.4, -0.2) is 23.2 Å². The van der Waals surface area contributed by atoms with E-state index in [0.717, 1.165) is 5.56 Å². The van der Waals surface area contributed by atoms with Crippen molar-refractivity contribution >= 4 is 31.9 Å². The number of nitrogens with one attached hydrogen (secondary N) is 1. The van der Waals surface area contributed by atoms with Crippen molar-refractivity contribution in [3.05, 3.63) is 40.7 Å². The molecule has 6 nitrogen and oxygen atoms in total. The smallest absolute Gasteiger partial charge is 0.494 e. The van der Waals surface area contributed by atoms with E-state index in [1.165, 1.54) is 7.11 Å². The summed E-state index contributed by atoms with van der Waals surface area (Å²) in [6, 6.07) is 5.15. The number of anilines is 2. The number of rotatable bonds is 7. The fraction of sp³-hybridized carbons (Fsp3) is 0.333. The van der Waals surface area contributed by atoms with Gasteiger partial charge >= 0.3 is 14.9 Å². The molecule has 2 unspecified atom stereocenters. The molecule has 2 aromatic rings. The molecule has 0 amide bonds. The largest absolute Gasteiger partial charge is 0.495 e. The zero-order valence-corrected chi connectivity index (χ0v) is 15.5. The first-order valence-electron chi connectivity index (χ1n) is 7.31. The van der Waals surface area contributed by atoms with E-state index in [1.807, 2.05) is 0 Å². The Labute approximate surface area is 154 Å². The quantitative estimate of drug-likeness (QED) is 0.524. The van der Waals surface area contributed by atoms with E-state index in [4.69, 9.17) is 20.9 Å². The number of ether oxygens (including phenoxy) is 1. The van der Waals surface area contributed by atoms with Gasteiger partial charge in [-0.1, -0.05) is 17.7 Å². The van der Waals surface area contributed by atoms with E-state index in [2.05, 4.69) is 15.3 Å². The normalized spacial score (nSPS) is 12.8. The van der Waals surface area contributed by atoms with Crippen molar-refractivity contribution < 1.29 is 27.0 Å². The summed E-state index contributed by atoms with van der Waals surface area (Å²) in [7, 11) is 0.605. The van der Waals surface area contributed by atoms with Crippen molar-refractivity contribution in [1.29, 1.82) is 0 Å². The number of alkyl halides is 3. The molecule has 1 aromatic heterocycles. The Bertz CT molecular complexity index is 792. The van der Waals surface area contributed by atoms with Crippen LogP contribution in [0.1, 0.15) is 18.1 Å². The molecule has 26 heavy (non-hydrogen) atoms. The van der Waals surface area contributed by atoms with E-state index in [0.29, 0.717) is 24.1 Å². The molecular weight excluding hydrogens is 394 g/mol. The third-order valence-corrected chi connectivity index (χ3v) is 4.12. The highest BCUT2D eigenvalue weighted by Gasteiger charge is 2.34. The standard InChI is InChI=1S/C15H15ClF3N3O3P/c1-8(25-26-23)5-9-3-4-11(12(6-9)24-2)21-14-20-7-10(13(16)22-14)15(17,18)19/h3-4,6-8,26H,5H2,1-2H3,(H,20,21,22)/q+1. The molecule has 2 rings (SSSR count). The molecule has 140 valence electrons. The van der Waals surface area contributed by atoms with Crippen molar-refractivity contribution in [2.75, 3.05) is 12.4 Å². The highest BCUT2D eigenvalue weighted by molar-refractivity contribution is 7.17. The van der Waals surface area contributed by atoms with E-state index >= 15 is 0 Å². The zero-order valence-electron chi connectivity index (χ0n) is 13.7. The second-order valence-corrected chi connectivity index (χ2v) is 6.03. The fourth-order valence-corrected chi connectivity index (χ4v) is 2.64. The van der Waals surface area contributed by atoms with E-state index in [1.54, 1.807) is 25.1 Å². The fourth-order valence-electron chi connectivity index (χ4n) is 2.15. The second kappa shape index (κ2) is 8.62. The number of halogens is 4. The Morgan fingerprint density at radius 2 is 2.12 bits per heavy atom. The van der Waals surface area contributed by atoms with Gasteiger partial charge in [-0.2, -0.15) is 13.2 Å². The van der Waals surface area contributed by atoms with Crippen LogP contribution in [0.25, 0.3) is 0 Å². The van der Waals surface area contributed by atoms with Gasteiger partial charge in [0.15, 0.2) is 0 Å². The van der Waals surface area contributed by atoms with Gasteiger partial charge in [-0.3, -0.25) is 0 Å². The Balaban J connectivity index is 2.21. The molecule has 1 N–H and O–H groups in total. The third-order valence-electron chi connectivity index (χ3n) is 3.33. The first-order chi connectivity index (χ1) is 12.2. The van der Waals surface area contributed by atoms with Gasteiger partial charge in [-0.25, -0.2) is 9.97 Å². The maximum absolute atomic E-state index is 12.7. The molecular formula is C15H15ClF3N3O3P+. The molecule has 11 heteroatoms. The molecule has 1 heterocycles. The summed E-state index contributed by atoms with van der Waals surface area (Å²) in [4.78, 5) is 7.26. The monoisotopic (exact) mass is 408 g/mol. The summed E-state index contributed by atoms with van der Waals surface area (Å²) in [6.45, 7) is 1.78. The van der Waals surface area contributed by atoms with E-state index < -0.39 is 25.6 Å². The summed E-state index contributed by atoms with van der Waals surface area (Å²) < 4.78 is 58.8. The van der Waals surface area contributed by atoms with Gasteiger partial charge in [0, 0.05) is 12.6 Å². The minimum atomic E-state index is -4.63. The molecule has 1 aromatic carbocycles. The van der Waals surface area contributed by atoms with Crippen LogP contribution >= 0.6 is 20.3 Å². The van der Waals surface area contributed by atoms with Crippen molar-refractivity contribution in [3.63, 3.8) is 0 Å². The highest BCUT2D eigenvalue weighted by atomic mass is 35.5. The number of benzene rings is 1. The average Bonchev–Trinajstić information content (AvgIpc) is 2.55. The summed E-state index contributed by atoms with van der Waals surface area (Å²) in [5, 5.41) is 2.07. The van der Waals surface area contributed by atoms with Crippen LogP contribution in [-0.2, 0) is 21.7 Å². The predicted molar refractivity (Wildman–Crippen MR) is 91.6 cm³/mol. The number of hydrogen-bond donors (Lipinski definition) is 1. The molecule has 0 bridgehead atoms. The van der Waals surface area contributed by atoms with Crippen LogP contribution in [0.15, 0.2) is 24.4 Å². The van der Waals surface area contributed by atoms with Gasteiger partial charge < -0.3 is 10.1 Å². The first kappa shape index (κ1) is 20.4. The lowest BCUT2D eigenvalue weighted by molar-refractivity contribution is -0.137. The maximum Gasteiger partial charge on any atom is 0.494 e. The van der Waals surface area contributed by atoms with Gasteiger partial charge in [0.25, 0.3) is 0 Å². The van der Waals surface area contributed by atoms with Gasteiger partial charge in [0.2, 0.25) is 5.95 Å². The number of aromatic nitrogens is 2. The summed E-state index contributed by atoms with van der Waals surface area (Å²) >= 11 is 5.59. The van der Waals surface area contributed by atoms with Gasteiger partial charge in [-0.05, 0) is 29.2 Å². The average molecular weight is 409 g/mol.